The van der Waals surface area contributed by atoms with Gasteiger partial charge in [0.1, 0.15) is 0 Å². The lowest BCUT2D eigenvalue weighted by atomic mass is 10.3. The maximum Gasteiger partial charge on any atom is 0.337 e. The summed E-state index contributed by atoms with van der Waals surface area (Å²) in [5.74, 6) is -1.16. The van der Waals surface area contributed by atoms with Gasteiger partial charge in [0.2, 0.25) is 0 Å². The Morgan fingerprint density at radius 3 is 2.62 bits per heavy atom. The SMILES string of the molecule is CCc1nc(NS(=O)(=O)c2ccc(C(=O)O)cn2)sc1C. The molecule has 0 aliphatic carbocycles. The highest BCUT2D eigenvalue weighted by atomic mass is 32.2. The number of sulfonamides is 1. The Morgan fingerprint density at radius 1 is 1.43 bits per heavy atom. The predicted molar refractivity (Wildman–Crippen MR) is 78.2 cm³/mol. The van der Waals surface area contributed by atoms with E-state index in [9.17, 15) is 13.2 Å². The fraction of sp³-hybridized carbons (Fsp3) is 0.250. The van der Waals surface area contributed by atoms with Gasteiger partial charge in [-0.1, -0.05) is 6.92 Å². The van der Waals surface area contributed by atoms with E-state index in [4.69, 9.17) is 5.11 Å². The average Bonchev–Trinajstić information content (AvgIpc) is 2.78. The predicted octanol–water partition coefficient (Wildman–Crippen LogP) is 1.91. The molecule has 2 N–H and O–H groups in total. The van der Waals surface area contributed by atoms with Gasteiger partial charge in [-0.25, -0.2) is 14.8 Å². The summed E-state index contributed by atoms with van der Waals surface area (Å²) in [6.45, 7) is 3.81. The Bertz CT molecular complexity index is 766. The Labute approximate surface area is 125 Å². The van der Waals surface area contributed by atoms with Crippen LogP contribution in [0.15, 0.2) is 23.4 Å². The van der Waals surface area contributed by atoms with E-state index in [1.54, 1.807) is 0 Å². The number of nitrogens with zero attached hydrogens (tertiary/aromatic N) is 2. The van der Waals surface area contributed by atoms with Crippen molar-refractivity contribution in [1.29, 1.82) is 0 Å². The molecular weight excluding hydrogens is 314 g/mol. The number of aromatic nitrogens is 2. The van der Waals surface area contributed by atoms with Crippen LogP contribution in [0.1, 0.15) is 27.9 Å². The number of hydrogen-bond donors (Lipinski definition) is 2. The van der Waals surface area contributed by atoms with Crippen molar-refractivity contribution in [2.75, 3.05) is 4.72 Å². The Morgan fingerprint density at radius 2 is 2.14 bits per heavy atom. The van der Waals surface area contributed by atoms with Crippen molar-refractivity contribution in [3.05, 3.63) is 34.5 Å². The lowest BCUT2D eigenvalue weighted by Crippen LogP contribution is -2.14. The number of rotatable bonds is 5. The van der Waals surface area contributed by atoms with Gasteiger partial charge in [0.15, 0.2) is 10.2 Å². The van der Waals surface area contributed by atoms with Crippen LogP contribution >= 0.6 is 11.3 Å². The normalized spacial score (nSPS) is 11.3. The lowest BCUT2D eigenvalue weighted by Gasteiger charge is -2.04. The number of carboxylic acids is 1. The van der Waals surface area contributed by atoms with Crippen molar-refractivity contribution in [1.82, 2.24) is 9.97 Å². The number of carboxylic acid groups (broad SMARTS) is 1. The van der Waals surface area contributed by atoms with Gasteiger partial charge in [0.05, 0.1) is 11.3 Å². The molecule has 0 saturated heterocycles. The highest BCUT2D eigenvalue weighted by molar-refractivity contribution is 7.92. The van der Waals surface area contributed by atoms with Crippen LogP contribution in [-0.4, -0.2) is 29.5 Å². The minimum absolute atomic E-state index is 0.0766. The van der Waals surface area contributed by atoms with Crippen LogP contribution in [0.5, 0.6) is 0 Å². The van der Waals surface area contributed by atoms with Crippen LogP contribution in [0.3, 0.4) is 0 Å². The summed E-state index contributed by atoms with van der Waals surface area (Å²) < 4.78 is 26.6. The number of aromatic carboxylic acids is 1. The molecule has 0 amide bonds. The van der Waals surface area contributed by atoms with Crippen LogP contribution in [-0.2, 0) is 16.4 Å². The first kappa shape index (κ1) is 15.4. The number of anilines is 1. The van der Waals surface area contributed by atoms with Gasteiger partial charge >= 0.3 is 5.97 Å². The first-order chi connectivity index (χ1) is 9.83. The fourth-order valence-corrected chi connectivity index (χ4v) is 3.70. The van der Waals surface area contributed by atoms with Crippen molar-refractivity contribution in [2.45, 2.75) is 25.3 Å². The summed E-state index contributed by atoms with van der Waals surface area (Å²) in [5.41, 5.74) is 0.763. The summed E-state index contributed by atoms with van der Waals surface area (Å²) >= 11 is 1.25. The van der Waals surface area contributed by atoms with E-state index < -0.39 is 16.0 Å². The number of hydrogen-bond acceptors (Lipinski definition) is 6. The molecule has 0 spiro atoms. The summed E-state index contributed by atoms with van der Waals surface area (Å²) in [6, 6.07) is 2.33. The Kier molecular flexibility index (Phi) is 4.24. The smallest absolute Gasteiger partial charge is 0.337 e. The van der Waals surface area contributed by atoms with E-state index in [0.29, 0.717) is 0 Å². The zero-order valence-corrected chi connectivity index (χ0v) is 13.0. The Hall–Kier alpha value is -2.00. The number of nitrogens with one attached hydrogen (secondary N) is 1. The topological polar surface area (TPSA) is 109 Å². The van der Waals surface area contributed by atoms with Crippen molar-refractivity contribution >= 4 is 32.5 Å². The second-order valence-electron chi connectivity index (χ2n) is 4.17. The van der Waals surface area contributed by atoms with E-state index >= 15 is 0 Å². The number of thiazole rings is 1. The second kappa shape index (κ2) is 5.78. The van der Waals surface area contributed by atoms with Crippen LogP contribution < -0.4 is 4.72 Å². The lowest BCUT2D eigenvalue weighted by molar-refractivity contribution is 0.0696. The molecule has 0 bridgehead atoms. The van der Waals surface area contributed by atoms with Gasteiger partial charge < -0.3 is 5.11 Å². The first-order valence-electron chi connectivity index (χ1n) is 6.02. The summed E-state index contributed by atoms with van der Waals surface area (Å²) in [5, 5.41) is 8.78. The van der Waals surface area contributed by atoms with Gasteiger partial charge in [-0.05, 0) is 25.5 Å². The molecule has 2 aromatic heterocycles. The number of carbonyl (C=O) groups is 1. The molecule has 0 atom stereocenters. The molecule has 21 heavy (non-hydrogen) atoms. The highest BCUT2D eigenvalue weighted by Gasteiger charge is 2.19. The third-order valence-electron chi connectivity index (χ3n) is 2.71. The van der Waals surface area contributed by atoms with Crippen molar-refractivity contribution in [3.63, 3.8) is 0 Å². The molecule has 9 heteroatoms. The Balaban J connectivity index is 2.26. The first-order valence-corrected chi connectivity index (χ1v) is 8.32. The fourth-order valence-electron chi connectivity index (χ4n) is 1.63. The number of aryl methyl sites for hydroxylation is 2. The summed E-state index contributed by atoms with van der Waals surface area (Å²) in [4.78, 5) is 19.5. The highest BCUT2D eigenvalue weighted by Crippen LogP contribution is 2.24. The molecule has 7 nitrogen and oxygen atoms in total. The van der Waals surface area contributed by atoms with Gasteiger partial charge in [-0.3, -0.25) is 4.72 Å². The maximum atomic E-state index is 12.1. The van der Waals surface area contributed by atoms with Gasteiger partial charge in [-0.2, -0.15) is 8.42 Å². The third kappa shape index (κ3) is 3.37. The van der Waals surface area contributed by atoms with E-state index in [-0.39, 0.29) is 15.7 Å². The van der Waals surface area contributed by atoms with E-state index in [1.807, 2.05) is 13.8 Å². The molecule has 0 radical (unpaired) electrons. The zero-order valence-electron chi connectivity index (χ0n) is 11.3. The van der Waals surface area contributed by atoms with Crippen molar-refractivity contribution in [3.8, 4) is 0 Å². The summed E-state index contributed by atoms with van der Waals surface area (Å²) in [7, 11) is -3.87. The standard InChI is InChI=1S/C12H13N3O4S2/c1-3-9-7(2)20-12(14-9)15-21(18,19)10-5-4-8(6-13-10)11(16)17/h4-6H,3H2,1-2H3,(H,14,15)(H,16,17). The van der Waals surface area contributed by atoms with Crippen LogP contribution in [0.2, 0.25) is 0 Å². The molecule has 2 heterocycles. The molecule has 2 rings (SSSR count). The van der Waals surface area contributed by atoms with Crippen molar-refractivity contribution < 1.29 is 18.3 Å². The zero-order chi connectivity index (χ0) is 15.6. The van der Waals surface area contributed by atoms with Crippen molar-refractivity contribution in [2.24, 2.45) is 0 Å². The van der Waals surface area contributed by atoms with Crippen LogP contribution in [0, 0.1) is 6.92 Å². The molecule has 0 fully saturated rings. The maximum absolute atomic E-state index is 12.1. The second-order valence-corrected chi connectivity index (χ2v) is 7.00. The monoisotopic (exact) mass is 327 g/mol. The van der Waals surface area contributed by atoms with E-state index in [0.717, 1.165) is 29.3 Å². The van der Waals surface area contributed by atoms with Gasteiger partial charge in [0.25, 0.3) is 10.0 Å². The summed E-state index contributed by atoms with van der Waals surface area (Å²) in [6.07, 6.45) is 1.72. The minimum Gasteiger partial charge on any atom is -0.478 e. The van der Waals surface area contributed by atoms with E-state index in [2.05, 4.69) is 14.7 Å². The molecule has 0 aliphatic rings. The average molecular weight is 327 g/mol. The van der Waals surface area contributed by atoms with Gasteiger partial charge in [-0.15, -0.1) is 11.3 Å². The molecule has 112 valence electrons. The molecule has 0 unspecified atom stereocenters. The quantitative estimate of drug-likeness (QED) is 0.868. The molecule has 0 aromatic carbocycles. The molecule has 0 aliphatic heterocycles. The van der Waals surface area contributed by atoms with E-state index in [1.165, 1.54) is 17.4 Å². The third-order valence-corrected chi connectivity index (χ3v) is 5.02. The molecule has 0 saturated carbocycles. The molecular formula is C12H13N3O4S2. The minimum atomic E-state index is -3.87. The van der Waals surface area contributed by atoms with Crippen LogP contribution in [0.4, 0.5) is 5.13 Å². The molecule has 2 aromatic rings. The largest absolute Gasteiger partial charge is 0.478 e. The number of pyridine rings is 1. The van der Waals surface area contributed by atoms with Gasteiger partial charge in [0, 0.05) is 11.1 Å². The van der Waals surface area contributed by atoms with Crippen LogP contribution in [0.25, 0.3) is 0 Å².